The average molecular weight is 235 g/mol. The van der Waals surface area contributed by atoms with E-state index in [1.54, 1.807) is 0 Å². The van der Waals surface area contributed by atoms with E-state index >= 15 is 0 Å². The fourth-order valence-corrected chi connectivity index (χ4v) is 2.31. The van der Waals surface area contributed by atoms with Crippen molar-refractivity contribution < 1.29 is 4.74 Å². The number of aryl methyl sites for hydroxylation is 1. The molecule has 0 aliphatic carbocycles. The molecule has 1 atom stereocenters. The number of hydrogen-bond donors (Lipinski definition) is 0. The van der Waals surface area contributed by atoms with Gasteiger partial charge in [0.05, 0.1) is 6.61 Å². The Morgan fingerprint density at radius 2 is 2.41 bits per heavy atom. The van der Waals surface area contributed by atoms with Gasteiger partial charge in [-0.25, -0.2) is 9.97 Å². The van der Waals surface area contributed by atoms with Crippen LogP contribution in [0, 0.1) is 12.8 Å². The molecule has 1 aromatic heterocycles. The number of rotatable bonds is 4. The summed E-state index contributed by atoms with van der Waals surface area (Å²) < 4.78 is 5.52. The summed E-state index contributed by atoms with van der Waals surface area (Å²) in [5.74, 6) is 2.53. The third-order valence-corrected chi connectivity index (χ3v) is 3.16. The maximum atomic E-state index is 5.52. The van der Waals surface area contributed by atoms with Gasteiger partial charge in [0.25, 0.3) is 0 Å². The Bertz CT molecular complexity index is 356. The van der Waals surface area contributed by atoms with Crippen LogP contribution in [0.2, 0.25) is 0 Å². The number of anilines is 1. The summed E-state index contributed by atoms with van der Waals surface area (Å²) in [6.07, 6.45) is 4.32. The van der Waals surface area contributed by atoms with Crippen LogP contribution in [-0.2, 0) is 4.74 Å². The lowest BCUT2D eigenvalue weighted by Crippen LogP contribution is -2.37. The van der Waals surface area contributed by atoms with Crippen molar-refractivity contribution in [1.29, 1.82) is 0 Å². The van der Waals surface area contributed by atoms with Gasteiger partial charge in [-0.05, 0) is 38.7 Å². The van der Waals surface area contributed by atoms with Gasteiger partial charge in [-0.3, -0.25) is 0 Å². The van der Waals surface area contributed by atoms with Crippen molar-refractivity contribution in [2.24, 2.45) is 5.92 Å². The quantitative estimate of drug-likeness (QED) is 0.800. The van der Waals surface area contributed by atoms with E-state index in [2.05, 4.69) is 14.9 Å². The zero-order valence-corrected chi connectivity index (χ0v) is 10.7. The zero-order chi connectivity index (χ0) is 12.1. The summed E-state index contributed by atoms with van der Waals surface area (Å²) in [4.78, 5) is 11.0. The molecule has 0 spiro atoms. The van der Waals surface area contributed by atoms with E-state index in [4.69, 9.17) is 4.74 Å². The molecule has 2 heterocycles. The summed E-state index contributed by atoms with van der Waals surface area (Å²) in [5, 5.41) is 0. The first kappa shape index (κ1) is 12.3. The van der Waals surface area contributed by atoms with Crippen LogP contribution in [0.3, 0.4) is 0 Å². The van der Waals surface area contributed by atoms with Crippen LogP contribution in [0.25, 0.3) is 0 Å². The summed E-state index contributed by atoms with van der Waals surface area (Å²) in [5.41, 5.74) is 0. The molecule has 0 saturated carbocycles. The smallest absolute Gasteiger partial charge is 0.132 e. The number of hydrogen-bond acceptors (Lipinski definition) is 4. The van der Waals surface area contributed by atoms with E-state index in [0.717, 1.165) is 37.9 Å². The van der Waals surface area contributed by atoms with Crippen molar-refractivity contribution in [3.8, 4) is 0 Å². The van der Waals surface area contributed by atoms with Gasteiger partial charge in [0.2, 0.25) is 0 Å². The Labute approximate surface area is 103 Å². The summed E-state index contributed by atoms with van der Waals surface area (Å²) >= 11 is 0. The lowest BCUT2D eigenvalue weighted by atomic mass is 9.99. The summed E-state index contributed by atoms with van der Waals surface area (Å²) in [6.45, 7) is 7.81. The molecule has 1 fully saturated rings. The Hall–Kier alpha value is -1.16. The molecule has 0 N–H and O–H groups in total. The van der Waals surface area contributed by atoms with E-state index in [1.165, 1.54) is 12.8 Å². The Balaban J connectivity index is 1.97. The monoisotopic (exact) mass is 235 g/mol. The van der Waals surface area contributed by atoms with Gasteiger partial charge in [0, 0.05) is 25.9 Å². The third kappa shape index (κ3) is 3.40. The van der Waals surface area contributed by atoms with Gasteiger partial charge in [-0.2, -0.15) is 0 Å². The number of aromatic nitrogens is 2. The second-order valence-corrected chi connectivity index (χ2v) is 4.58. The molecule has 4 heteroatoms. The third-order valence-electron chi connectivity index (χ3n) is 3.16. The summed E-state index contributed by atoms with van der Waals surface area (Å²) in [6, 6.07) is 2.00. The highest BCUT2D eigenvalue weighted by Crippen LogP contribution is 2.21. The molecular weight excluding hydrogens is 214 g/mol. The van der Waals surface area contributed by atoms with E-state index in [-0.39, 0.29) is 0 Å². The minimum absolute atomic E-state index is 0.638. The molecule has 1 aliphatic rings. The predicted molar refractivity (Wildman–Crippen MR) is 68.2 cm³/mol. The molecule has 0 bridgehead atoms. The van der Waals surface area contributed by atoms with Crippen molar-refractivity contribution in [3.05, 3.63) is 18.1 Å². The maximum Gasteiger partial charge on any atom is 0.132 e. The van der Waals surface area contributed by atoms with Crippen LogP contribution in [0.1, 0.15) is 25.6 Å². The van der Waals surface area contributed by atoms with E-state index in [9.17, 15) is 0 Å². The van der Waals surface area contributed by atoms with Crippen LogP contribution in [0.5, 0.6) is 0 Å². The topological polar surface area (TPSA) is 38.2 Å². The predicted octanol–water partition coefficient (Wildman–Crippen LogP) is 2.04. The molecule has 2 rings (SSSR count). The normalized spacial score (nSPS) is 20.6. The second kappa shape index (κ2) is 5.96. The molecular formula is C13H21N3O. The largest absolute Gasteiger partial charge is 0.381 e. The second-order valence-electron chi connectivity index (χ2n) is 4.58. The van der Waals surface area contributed by atoms with Gasteiger partial charge in [0.1, 0.15) is 11.6 Å². The minimum Gasteiger partial charge on any atom is -0.381 e. The molecule has 0 amide bonds. The highest BCUT2D eigenvalue weighted by atomic mass is 16.5. The van der Waals surface area contributed by atoms with Crippen molar-refractivity contribution in [3.63, 3.8) is 0 Å². The molecule has 1 aliphatic heterocycles. The molecule has 1 saturated heterocycles. The number of ether oxygens (including phenoxy) is 1. The SMILES string of the molecule is CCOCC1CCCN(c2ccnc(C)n2)C1. The Morgan fingerprint density at radius 1 is 1.53 bits per heavy atom. The molecule has 17 heavy (non-hydrogen) atoms. The first-order valence-corrected chi connectivity index (χ1v) is 6.42. The molecule has 0 aromatic carbocycles. The molecule has 1 unspecified atom stereocenters. The van der Waals surface area contributed by atoms with Crippen LogP contribution in [0.4, 0.5) is 5.82 Å². The molecule has 1 aromatic rings. The van der Waals surface area contributed by atoms with Crippen LogP contribution < -0.4 is 4.90 Å². The number of nitrogens with zero attached hydrogens (tertiary/aromatic N) is 3. The van der Waals surface area contributed by atoms with E-state index in [0.29, 0.717) is 5.92 Å². The van der Waals surface area contributed by atoms with Gasteiger partial charge in [0.15, 0.2) is 0 Å². The van der Waals surface area contributed by atoms with E-state index in [1.807, 2.05) is 26.1 Å². The molecule has 0 radical (unpaired) electrons. The lowest BCUT2D eigenvalue weighted by Gasteiger charge is -2.33. The van der Waals surface area contributed by atoms with Gasteiger partial charge >= 0.3 is 0 Å². The van der Waals surface area contributed by atoms with Gasteiger partial charge in [-0.15, -0.1) is 0 Å². The highest BCUT2D eigenvalue weighted by molar-refractivity contribution is 5.37. The fourth-order valence-electron chi connectivity index (χ4n) is 2.31. The van der Waals surface area contributed by atoms with Crippen molar-refractivity contribution >= 4 is 5.82 Å². The lowest BCUT2D eigenvalue weighted by molar-refractivity contribution is 0.104. The van der Waals surface area contributed by atoms with Crippen molar-refractivity contribution in [2.75, 3.05) is 31.2 Å². The maximum absolute atomic E-state index is 5.52. The average Bonchev–Trinajstić information content (AvgIpc) is 2.37. The highest BCUT2D eigenvalue weighted by Gasteiger charge is 2.20. The van der Waals surface area contributed by atoms with E-state index < -0.39 is 0 Å². The number of piperidine rings is 1. The van der Waals surface area contributed by atoms with Crippen LogP contribution in [0.15, 0.2) is 12.3 Å². The standard InChI is InChI=1S/C13H21N3O/c1-3-17-10-12-5-4-8-16(9-12)13-6-7-14-11(2)15-13/h6-7,12H,3-5,8-10H2,1-2H3. The first-order valence-electron chi connectivity index (χ1n) is 6.42. The van der Waals surface area contributed by atoms with Crippen molar-refractivity contribution in [1.82, 2.24) is 9.97 Å². The first-order chi connectivity index (χ1) is 8.29. The molecule has 4 nitrogen and oxygen atoms in total. The zero-order valence-electron chi connectivity index (χ0n) is 10.7. The van der Waals surface area contributed by atoms with Crippen LogP contribution in [-0.4, -0.2) is 36.3 Å². The minimum atomic E-state index is 0.638. The van der Waals surface area contributed by atoms with Crippen LogP contribution >= 0.6 is 0 Å². The summed E-state index contributed by atoms with van der Waals surface area (Å²) in [7, 11) is 0. The van der Waals surface area contributed by atoms with Gasteiger partial charge < -0.3 is 9.64 Å². The van der Waals surface area contributed by atoms with Crippen molar-refractivity contribution in [2.45, 2.75) is 26.7 Å². The fraction of sp³-hybridized carbons (Fsp3) is 0.692. The molecule has 94 valence electrons. The van der Waals surface area contributed by atoms with Gasteiger partial charge in [-0.1, -0.05) is 0 Å². The Kier molecular flexibility index (Phi) is 4.31. The Morgan fingerprint density at radius 3 is 3.18 bits per heavy atom.